The molecule has 3 aromatic rings. The number of carbonyl (C=O) groups is 2. The van der Waals surface area contributed by atoms with Gasteiger partial charge >= 0.3 is 0 Å². The molecule has 184 valence electrons. The van der Waals surface area contributed by atoms with Crippen molar-refractivity contribution in [3.05, 3.63) is 76.2 Å². The van der Waals surface area contributed by atoms with Crippen molar-refractivity contribution in [2.75, 3.05) is 27.2 Å². The van der Waals surface area contributed by atoms with Crippen LogP contribution in [0.4, 0.5) is 0 Å². The van der Waals surface area contributed by atoms with Crippen molar-refractivity contribution in [1.82, 2.24) is 19.2 Å². The topological polar surface area (TPSA) is 78.1 Å². The van der Waals surface area contributed by atoms with Gasteiger partial charge < -0.3 is 14.9 Å². The summed E-state index contributed by atoms with van der Waals surface area (Å²) in [7, 11) is 3.96. The van der Waals surface area contributed by atoms with Crippen LogP contribution in [0.15, 0.2) is 48.2 Å². The summed E-state index contributed by atoms with van der Waals surface area (Å²) in [5.41, 5.74) is 4.81. The Balaban J connectivity index is 1.88. The zero-order chi connectivity index (χ0) is 25.4. The highest BCUT2D eigenvalue weighted by molar-refractivity contribution is 6.46. The molecule has 1 fully saturated rings. The highest BCUT2D eigenvalue weighted by Crippen LogP contribution is 2.40. The van der Waals surface area contributed by atoms with Gasteiger partial charge in [0.05, 0.1) is 17.3 Å². The molecule has 0 spiro atoms. The number of aryl methyl sites for hydroxylation is 2. The van der Waals surface area contributed by atoms with E-state index in [9.17, 15) is 14.7 Å². The normalized spacial score (nSPS) is 17.9. The number of benzene rings is 1. The van der Waals surface area contributed by atoms with Gasteiger partial charge in [0.2, 0.25) is 0 Å². The van der Waals surface area contributed by atoms with Gasteiger partial charge in [-0.15, -0.1) is 0 Å². The Morgan fingerprint density at radius 1 is 1.11 bits per heavy atom. The van der Waals surface area contributed by atoms with E-state index < -0.39 is 17.7 Å². The lowest BCUT2D eigenvalue weighted by molar-refractivity contribution is -0.139. The van der Waals surface area contributed by atoms with Crippen LogP contribution < -0.4 is 0 Å². The molecule has 1 aromatic carbocycles. The maximum absolute atomic E-state index is 13.4. The summed E-state index contributed by atoms with van der Waals surface area (Å²) in [6.45, 7) is 9.21. The minimum absolute atomic E-state index is 0.114. The first kappa shape index (κ1) is 24.7. The number of ketones is 1. The van der Waals surface area contributed by atoms with Crippen LogP contribution in [0.25, 0.3) is 11.4 Å². The van der Waals surface area contributed by atoms with Gasteiger partial charge in [-0.25, -0.2) is 4.98 Å². The number of nitrogens with zero attached hydrogens (tertiary/aromatic N) is 4. The molecule has 1 aliphatic heterocycles. The number of aliphatic hydroxyl groups is 1. The third-order valence-electron chi connectivity index (χ3n) is 6.71. The third kappa shape index (κ3) is 4.48. The molecule has 7 nitrogen and oxygen atoms in total. The molecule has 2 aromatic heterocycles. The molecule has 7 heteroatoms. The van der Waals surface area contributed by atoms with Gasteiger partial charge in [0, 0.05) is 12.7 Å². The lowest BCUT2D eigenvalue weighted by Gasteiger charge is -2.26. The first-order valence-corrected chi connectivity index (χ1v) is 12.1. The van der Waals surface area contributed by atoms with E-state index >= 15 is 0 Å². The third-order valence-corrected chi connectivity index (χ3v) is 6.71. The number of imidazole rings is 1. The molecule has 1 atom stereocenters. The van der Waals surface area contributed by atoms with E-state index in [4.69, 9.17) is 0 Å². The highest BCUT2D eigenvalue weighted by Gasteiger charge is 2.46. The first-order chi connectivity index (χ1) is 16.6. The van der Waals surface area contributed by atoms with Gasteiger partial charge in [0.1, 0.15) is 11.3 Å². The zero-order valence-electron chi connectivity index (χ0n) is 21.4. The number of likely N-dealkylation sites (tertiary alicyclic amines) is 1. The Hall–Kier alpha value is -3.45. The molecule has 0 saturated carbocycles. The minimum Gasteiger partial charge on any atom is -0.505 e. The van der Waals surface area contributed by atoms with Crippen LogP contribution in [0, 0.1) is 13.8 Å². The average molecular weight is 475 g/mol. The summed E-state index contributed by atoms with van der Waals surface area (Å²) in [4.78, 5) is 34.9. The first-order valence-electron chi connectivity index (χ1n) is 12.1. The van der Waals surface area contributed by atoms with Crippen molar-refractivity contribution in [2.45, 2.75) is 46.1 Å². The summed E-state index contributed by atoms with van der Waals surface area (Å²) >= 11 is 0. The number of aromatic nitrogens is 2. The summed E-state index contributed by atoms with van der Waals surface area (Å²) in [5.74, 6) is -1.07. The van der Waals surface area contributed by atoms with E-state index in [-0.39, 0.29) is 11.3 Å². The van der Waals surface area contributed by atoms with Gasteiger partial charge in [-0.3, -0.25) is 14.0 Å². The molecule has 0 unspecified atom stereocenters. The number of amides is 1. The second-order valence-electron chi connectivity index (χ2n) is 9.90. The number of pyridine rings is 1. The highest BCUT2D eigenvalue weighted by atomic mass is 16.3. The van der Waals surface area contributed by atoms with Gasteiger partial charge in [0.15, 0.2) is 5.76 Å². The zero-order valence-corrected chi connectivity index (χ0v) is 21.4. The molecule has 1 aliphatic rings. The Morgan fingerprint density at radius 3 is 2.43 bits per heavy atom. The van der Waals surface area contributed by atoms with Crippen molar-refractivity contribution >= 4 is 23.1 Å². The molecular formula is C28H34N4O3. The van der Waals surface area contributed by atoms with Crippen molar-refractivity contribution in [3.63, 3.8) is 0 Å². The monoisotopic (exact) mass is 474 g/mol. The predicted octanol–water partition coefficient (Wildman–Crippen LogP) is 4.45. The molecule has 3 heterocycles. The quantitative estimate of drug-likeness (QED) is 0.311. The number of hydrogen-bond acceptors (Lipinski definition) is 5. The largest absolute Gasteiger partial charge is 0.505 e. The molecule has 35 heavy (non-hydrogen) atoms. The second-order valence-corrected chi connectivity index (χ2v) is 9.90. The number of aliphatic hydroxyl groups excluding tert-OH is 1. The van der Waals surface area contributed by atoms with Crippen molar-refractivity contribution in [1.29, 1.82) is 0 Å². The molecular weight excluding hydrogens is 440 g/mol. The molecule has 1 saturated heterocycles. The summed E-state index contributed by atoms with van der Waals surface area (Å²) in [5, 5.41) is 11.6. The Kier molecular flexibility index (Phi) is 6.81. The number of carbonyl (C=O) groups excluding carboxylic acids is 2. The molecule has 0 radical (unpaired) electrons. The van der Waals surface area contributed by atoms with Gasteiger partial charge in [-0.1, -0.05) is 44.2 Å². The Labute approximate surface area is 206 Å². The molecule has 4 rings (SSSR count). The average Bonchev–Trinajstić information content (AvgIpc) is 3.28. The summed E-state index contributed by atoms with van der Waals surface area (Å²) in [6.07, 6.45) is 2.53. The van der Waals surface area contributed by atoms with Crippen LogP contribution in [0.5, 0.6) is 0 Å². The maximum atomic E-state index is 13.4. The fourth-order valence-corrected chi connectivity index (χ4v) is 4.81. The van der Waals surface area contributed by atoms with Crippen molar-refractivity contribution < 1.29 is 14.7 Å². The van der Waals surface area contributed by atoms with Crippen molar-refractivity contribution in [2.24, 2.45) is 0 Å². The van der Waals surface area contributed by atoms with Gasteiger partial charge in [-0.05, 0) is 69.6 Å². The number of fused-ring (bicyclic) bond motifs is 1. The predicted molar refractivity (Wildman–Crippen MR) is 137 cm³/mol. The second kappa shape index (κ2) is 9.66. The lowest BCUT2D eigenvalue weighted by atomic mass is 9.93. The Bertz CT molecular complexity index is 1300. The van der Waals surface area contributed by atoms with E-state index in [0.717, 1.165) is 17.7 Å². The number of hydrogen-bond donors (Lipinski definition) is 1. The Morgan fingerprint density at radius 2 is 1.80 bits per heavy atom. The van der Waals surface area contributed by atoms with Crippen molar-refractivity contribution in [3.8, 4) is 0 Å². The minimum atomic E-state index is -0.660. The molecule has 0 aliphatic carbocycles. The van der Waals surface area contributed by atoms with Crippen LogP contribution in [0.1, 0.15) is 60.3 Å². The van der Waals surface area contributed by atoms with Gasteiger partial charge in [0.25, 0.3) is 11.7 Å². The number of rotatable bonds is 7. The number of Topliss-reactive ketones (excluding diaryl/α,β-unsaturated/α-hetero) is 1. The van der Waals surface area contributed by atoms with Crippen LogP contribution in [-0.2, 0) is 9.59 Å². The molecule has 0 bridgehead atoms. The van der Waals surface area contributed by atoms with Crippen LogP contribution in [0.3, 0.4) is 0 Å². The molecule has 1 amide bonds. The van der Waals surface area contributed by atoms with E-state index in [0.29, 0.717) is 35.9 Å². The fraction of sp³-hybridized carbons (Fsp3) is 0.393. The summed E-state index contributed by atoms with van der Waals surface area (Å²) < 4.78 is 1.79. The van der Waals surface area contributed by atoms with Crippen LogP contribution in [-0.4, -0.2) is 63.2 Å². The van der Waals surface area contributed by atoms with E-state index in [1.54, 1.807) is 16.2 Å². The SMILES string of the molecule is Cc1nc2c(C)cccn2c1/C(O)=C1\C(=O)C(=O)N(CCCN(C)C)[C@@H]1c1ccc(C(C)C)cc1. The smallest absolute Gasteiger partial charge is 0.295 e. The van der Waals surface area contributed by atoms with Gasteiger partial charge in [-0.2, -0.15) is 0 Å². The van der Waals surface area contributed by atoms with Crippen LogP contribution >= 0.6 is 0 Å². The lowest BCUT2D eigenvalue weighted by Crippen LogP contribution is -2.32. The molecule has 1 N–H and O–H groups in total. The maximum Gasteiger partial charge on any atom is 0.295 e. The van der Waals surface area contributed by atoms with Crippen LogP contribution in [0.2, 0.25) is 0 Å². The van der Waals surface area contributed by atoms with E-state index in [2.05, 4.69) is 18.8 Å². The summed E-state index contributed by atoms with van der Waals surface area (Å²) in [6, 6.07) is 11.2. The van der Waals surface area contributed by atoms with E-state index in [1.165, 1.54) is 5.56 Å². The fourth-order valence-electron chi connectivity index (χ4n) is 4.81. The van der Waals surface area contributed by atoms with E-state index in [1.807, 2.05) is 68.5 Å². The standard InChI is InChI=1S/C28H34N4O3/c1-17(2)20-10-12-21(13-11-20)24-22(26(34)28(35)32(24)16-8-14-30(5)6)25(33)23-19(4)29-27-18(3)9-7-15-31(23)27/h7,9-13,15,17,24,33H,8,14,16H2,1-6H3/b25-22+/t24-/m1/s1.